The number of hydrogen-bond donors (Lipinski definition) is 2. The van der Waals surface area contributed by atoms with Crippen molar-refractivity contribution in [3.8, 4) is 0 Å². The summed E-state index contributed by atoms with van der Waals surface area (Å²) in [4.78, 5) is 15.4. The topological polar surface area (TPSA) is 88.2 Å². The molecule has 0 bridgehead atoms. The summed E-state index contributed by atoms with van der Waals surface area (Å²) in [6, 6.07) is 0. The van der Waals surface area contributed by atoms with Crippen LogP contribution in [0.15, 0.2) is 4.52 Å². The lowest BCUT2D eigenvalue weighted by atomic mass is 9.93. The molecule has 2 N–H and O–H groups in total. The third-order valence-electron chi connectivity index (χ3n) is 3.02. The van der Waals surface area contributed by atoms with Crippen molar-refractivity contribution in [3.05, 3.63) is 11.7 Å². The Balaban J connectivity index is 2.66. The number of aromatic nitrogens is 2. The first-order valence-electron chi connectivity index (χ1n) is 5.87. The summed E-state index contributed by atoms with van der Waals surface area (Å²) in [5.41, 5.74) is -0.916. The minimum atomic E-state index is -0.916. The van der Waals surface area contributed by atoms with E-state index in [2.05, 4.69) is 15.5 Å². The van der Waals surface area contributed by atoms with Gasteiger partial charge in [0, 0.05) is 6.42 Å². The number of aryl methyl sites for hydroxylation is 1. The fraction of sp³-hybridized carbons (Fsp3) is 0.727. The first kappa shape index (κ1) is 13.6. The zero-order valence-electron chi connectivity index (χ0n) is 10.5. The Labute approximate surface area is 100 Å². The van der Waals surface area contributed by atoms with Gasteiger partial charge in [0.1, 0.15) is 5.54 Å². The van der Waals surface area contributed by atoms with Crippen LogP contribution in [0.25, 0.3) is 0 Å². The molecular formula is C11H19N3O3. The van der Waals surface area contributed by atoms with Gasteiger partial charge in [0.05, 0.1) is 6.54 Å². The quantitative estimate of drug-likeness (QED) is 0.749. The molecule has 0 aliphatic heterocycles. The summed E-state index contributed by atoms with van der Waals surface area (Å²) in [7, 11) is 0. The number of nitrogens with one attached hydrogen (secondary N) is 1. The largest absolute Gasteiger partial charge is 0.480 e. The average Bonchev–Trinajstić information content (AvgIpc) is 2.78. The van der Waals surface area contributed by atoms with Crippen LogP contribution in [0.1, 0.15) is 45.3 Å². The third-order valence-corrected chi connectivity index (χ3v) is 3.02. The van der Waals surface area contributed by atoms with Gasteiger partial charge in [0.2, 0.25) is 5.89 Å². The predicted octanol–water partition coefficient (Wildman–Crippen LogP) is 1.36. The van der Waals surface area contributed by atoms with Crippen LogP contribution in [-0.4, -0.2) is 26.8 Å². The van der Waals surface area contributed by atoms with Gasteiger partial charge in [-0.1, -0.05) is 25.9 Å². The van der Waals surface area contributed by atoms with Gasteiger partial charge in [0.15, 0.2) is 5.82 Å². The minimum absolute atomic E-state index is 0.279. The van der Waals surface area contributed by atoms with E-state index in [1.807, 2.05) is 20.8 Å². The van der Waals surface area contributed by atoms with Crippen molar-refractivity contribution in [1.29, 1.82) is 0 Å². The van der Waals surface area contributed by atoms with E-state index in [0.717, 1.165) is 0 Å². The van der Waals surface area contributed by atoms with Gasteiger partial charge in [-0.05, 0) is 12.8 Å². The van der Waals surface area contributed by atoms with Crippen molar-refractivity contribution in [2.24, 2.45) is 0 Å². The summed E-state index contributed by atoms with van der Waals surface area (Å²) in [5.74, 6) is 0.211. The summed E-state index contributed by atoms with van der Waals surface area (Å²) >= 11 is 0. The van der Waals surface area contributed by atoms with E-state index in [1.54, 1.807) is 0 Å². The van der Waals surface area contributed by atoms with Crippen molar-refractivity contribution in [2.45, 2.75) is 52.1 Å². The molecule has 0 saturated heterocycles. The van der Waals surface area contributed by atoms with E-state index < -0.39 is 11.5 Å². The Morgan fingerprint density at radius 1 is 1.41 bits per heavy atom. The molecule has 0 radical (unpaired) electrons. The van der Waals surface area contributed by atoms with Crippen LogP contribution in [0.3, 0.4) is 0 Å². The lowest BCUT2D eigenvalue weighted by molar-refractivity contribution is -0.145. The Morgan fingerprint density at radius 2 is 2.06 bits per heavy atom. The van der Waals surface area contributed by atoms with Crippen LogP contribution < -0.4 is 5.32 Å². The van der Waals surface area contributed by atoms with E-state index >= 15 is 0 Å². The Bertz CT molecular complexity index is 372. The average molecular weight is 241 g/mol. The first-order valence-corrected chi connectivity index (χ1v) is 5.87. The molecule has 1 aromatic rings. The third kappa shape index (κ3) is 3.03. The van der Waals surface area contributed by atoms with Crippen molar-refractivity contribution in [1.82, 2.24) is 15.5 Å². The number of carboxylic acid groups (broad SMARTS) is 1. The summed E-state index contributed by atoms with van der Waals surface area (Å²) in [6.45, 7) is 5.90. The molecule has 0 saturated carbocycles. The number of carbonyl (C=O) groups is 1. The van der Waals surface area contributed by atoms with Crippen LogP contribution in [0.5, 0.6) is 0 Å². The van der Waals surface area contributed by atoms with Gasteiger partial charge in [-0.15, -0.1) is 0 Å². The van der Waals surface area contributed by atoms with E-state index in [-0.39, 0.29) is 6.54 Å². The molecule has 17 heavy (non-hydrogen) atoms. The first-order chi connectivity index (χ1) is 8.07. The maximum atomic E-state index is 11.2. The molecule has 0 fully saturated rings. The molecule has 0 atom stereocenters. The molecule has 96 valence electrons. The highest BCUT2D eigenvalue weighted by molar-refractivity contribution is 5.78. The highest BCUT2D eigenvalue weighted by atomic mass is 16.5. The Kier molecular flexibility index (Phi) is 4.62. The van der Waals surface area contributed by atoms with Crippen molar-refractivity contribution >= 4 is 5.97 Å². The van der Waals surface area contributed by atoms with Crippen molar-refractivity contribution in [3.63, 3.8) is 0 Å². The van der Waals surface area contributed by atoms with Crippen LogP contribution in [0.2, 0.25) is 0 Å². The van der Waals surface area contributed by atoms with E-state index in [0.29, 0.717) is 31.0 Å². The van der Waals surface area contributed by atoms with Crippen LogP contribution in [-0.2, 0) is 17.8 Å². The molecule has 1 heterocycles. The minimum Gasteiger partial charge on any atom is -0.480 e. The Hall–Kier alpha value is -1.43. The number of hydrogen-bond acceptors (Lipinski definition) is 5. The molecule has 1 aromatic heterocycles. The highest BCUT2D eigenvalue weighted by Crippen LogP contribution is 2.16. The fourth-order valence-corrected chi connectivity index (χ4v) is 1.63. The molecule has 6 heteroatoms. The fourth-order valence-electron chi connectivity index (χ4n) is 1.63. The molecule has 0 unspecified atom stereocenters. The van der Waals surface area contributed by atoms with E-state index in [1.165, 1.54) is 0 Å². The molecular weight excluding hydrogens is 222 g/mol. The normalized spacial score (nSPS) is 11.7. The number of rotatable bonds is 7. The predicted molar refractivity (Wildman–Crippen MR) is 61.5 cm³/mol. The second kappa shape index (κ2) is 5.77. The van der Waals surface area contributed by atoms with Gasteiger partial charge >= 0.3 is 5.97 Å². The maximum Gasteiger partial charge on any atom is 0.323 e. The Morgan fingerprint density at radius 3 is 2.47 bits per heavy atom. The highest BCUT2D eigenvalue weighted by Gasteiger charge is 2.34. The molecule has 0 spiro atoms. The SMILES string of the molecule is CCc1noc(CNC(CC)(CC)C(=O)O)n1. The lowest BCUT2D eigenvalue weighted by Gasteiger charge is -2.27. The second-order valence-electron chi connectivity index (χ2n) is 3.91. The molecule has 0 amide bonds. The molecule has 0 aliphatic rings. The van der Waals surface area contributed by atoms with Gasteiger partial charge in [0.25, 0.3) is 0 Å². The second-order valence-corrected chi connectivity index (χ2v) is 3.91. The smallest absolute Gasteiger partial charge is 0.323 e. The molecule has 6 nitrogen and oxygen atoms in total. The molecule has 0 aliphatic carbocycles. The van der Waals surface area contributed by atoms with Gasteiger partial charge in [-0.2, -0.15) is 4.98 Å². The van der Waals surface area contributed by atoms with Crippen LogP contribution >= 0.6 is 0 Å². The number of aliphatic carboxylic acids is 1. The van der Waals surface area contributed by atoms with Gasteiger partial charge < -0.3 is 9.63 Å². The van der Waals surface area contributed by atoms with E-state index in [9.17, 15) is 9.90 Å². The standard InChI is InChI=1S/C11H19N3O3/c1-4-8-13-9(17-14-8)7-12-11(5-2,6-3)10(15)16/h12H,4-7H2,1-3H3,(H,15,16). The number of carboxylic acids is 1. The van der Waals surface area contributed by atoms with Gasteiger partial charge in [-0.25, -0.2) is 0 Å². The lowest BCUT2D eigenvalue weighted by Crippen LogP contribution is -2.50. The zero-order chi connectivity index (χ0) is 12.9. The summed E-state index contributed by atoms with van der Waals surface area (Å²) in [5, 5.41) is 16.0. The van der Waals surface area contributed by atoms with E-state index in [4.69, 9.17) is 4.52 Å². The van der Waals surface area contributed by atoms with Crippen molar-refractivity contribution in [2.75, 3.05) is 0 Å². The number of nitrogens with zero attached hydrogens (tertiary/aromatic N) is 2. The zero-order valence-corrected chi connectivity index (χ0v) is 10.5. The monoisotopic (exact) mass is 241 g/mol. The summed E-state index contributed by atoms with van der Waals surface area (Å²) < 4.78 is 5.00. The molecule has 0 aromatic carbocycles. The molecule has 1 rings (SSSR count). The maximum absolute atomic E-state index is 11.2. The van der Waals surface area contributed by atoms with Crippen LogP contribution in [0, 0.1) is 0 Å². The van der Waals surface area contributed by atoms with Crippen LogP contribution in [0.4, 0.5) is 0 Å². The van der Waals surface area contributed by atoms with Gasteiger partial charge in [-0.3, -0.25) is 10.1 Å². The van der Waals surface area contributed by atoms with Crippen molar-refractivity contribution < 1.29 is 14.4 Å². The summed E-state index contributed by atoms with van der Waals surface area (Å²) in [6.07, 6.45) is 1.72.